The largest absolute Gasteiger partial charge is 0.494 e. The van der Waals surface area contributed by atoms with E-state index in [0.717, 1.165) is 60.7 Å². The van der Waals surface area contributed by atoms with E-state index < -0.39 is 0 Å². The molecule has 0 N–H and O–H groups in total. The Morgan fingerprint density at radius 1 is 0.707 bits per heavy atom. The Morgan fingerprint density at radius 2 is 1.39 bits per heavy atom. The van der Waals surface area contributed by atoms with Gasteiger partial charge in [0, 0.05) is 25.2 Å². The maximum Gasteiger partial charge on any atom is 0.254 e. The SMILES string of the molecule is CCCCOc1ccc(C(=O)N(CCN(CCCC)CCCC)Cc2ccc(OCc3ccccc3)c(C)c2)cc1. The van der Waals surface area contributed by atoms with Crippen LogP contribution in [-0.2, 0) is 13.2 Å². The highest BCUT2D eigenvalue weighted by Gasteiger charge is 2.18. The summed E-state index contributed by atoms with van der Waals surface area (Å²) in [5.74, 6) is 1.74. The van der Waals surface area contributed by atoms with Gasteiger partial charge < -0.3 is 19.3 Å². The van der Waals surface area contributed by atoms with Gasteiger partial charge in [-0.1, -0.05) is 82.5 Å². The maximum absolute atomic E-state index is 13.8. The van der Waals surface area contributed by atoms with E-state index in [1.165, 1.54) is 25.7 Å². The minimum Gasteiger partial charge on any atom is -0.494 e. The number of hydrogen-bond acceptors (Lipinski definition) is 4. The van der Waals surface area contributed by atoms with Crippen LogP contribution in [0, 0.1) is 6.92 Å². The number of aryl methyl sites for hydroxylation is 1. The van der Waals surface area contributed by atoms with Gasteiger partial charge in [0.25, 0.3) is 5.91 Å². The average Bonchev–Trinajstić information content (AvgIpc) is 3.00. The standard InChI is InChI=1S/C36H50N2O3/c1-5-8-22-37(23-9-6-2)24-25-38(36(39)33-17-19-34(20-18-33)40-26-10-7-3)28-32-16-21-35(30(4)27-32)41-29-31-14-12-11-13-15-31/h11-21,27H,5-10,22-26,28-29H2,1-4H3. The first-order chi connectivity index (χ1) is 20.0. The average molecular weight is 559 g/mol. The van der Waals surface area contributed by atoms with E-state index in [0.29, 0.717) is 31.9 Å². The Bertz CT molecular complexity index is 1140. The third kappa shape index (κ3) is 11.2. The van der Waals surface area contributed by atoms with Crippen molar-refractivity contribution in [3.63, 3.8) is 0 Å². The fourth-order valence-electron chi connectivity index (χ4n) is 4.75. The lowest BCUT2D eigenvalue weighted by Crippen LogP contribution is -2.39. The molecule has 0 aliphatic heterocycles. The highest BCUT2D eigenvalue weighted by atomic mass is 16.5. The molecular weight excluding hydrogens is 508 g/mol. The quantitative estimate of drug-likeness (QED) is 0.139. The number of carbonyl (C=O) groups is 1. The topological polar surface area (TPSA) is 42.0 Å². The zero-order chi connectivity index (χ0) is 29.3. The molecule has 0 atom stereocenters. The molecule has 3 aromatic rings. The number of rotatable bonds is 19. The van der Waals surface area contributed by atoms with Crippen LogP contribution in [0.3, 0.4) is 0 Å². The van der Waals surface area contributed by atoms with Crippen molar-refractivity contribution in [3.05, 3.63) is 95.1 Å². The number of unbranched alkanes of at least 4 members (excludes halogenated alkanes) is 3. The first kappa shape index (κ1) is 32.2. The number of carbonyl (C=O) groups excluding carboxylic acids is 1. The summed E-state index contributed by atoms with van der Waals surface area (Å²) in [7, 11) is 0. The fourth-order valence-corrected chi connectivity index (χ4v) is 4.75. The van der Waals surface area contributed by atoms with Crippen molar-refractivity contribution < 1.29 is 14.3 Å². The molecule has 0 aromatic heterocycles. The van der Waals surface area contributed by atoms with Gasteiger partial charge in [-0.15, -0.1) is 0 Å². The molecule has 0 fully saturated rings. The van der Waals surface area contributed by atoms with Crippen molar-refractivity contribution in [2.45, 2.75) is 79.4 Å². The molecule has 0 spiro atoms. The molecule has 5 nitrogen and oxygen atoms in total. The third-order valence-corrected chi connectivity index (χ3v) is 7.35. The summed E-state index contributed by atoms with van der Waals surface area (Å²) < 4.78 is 11.9. The molecular formula is C36H50N2O3. The van der Waals surface area contributed by atoms with Crippen molar-refractivity contribution >= 4 is 5.91 Å². The summed E-state index contributed by atoms with van der Waals surface area (Å²) in [5, 5.41) is 0. The van der Waals surface area contributed by atoms with E-state index in [-0.39, 0.29) is 5.91 Å². The summed E-state index contributed by atoms with van der Waals surface area (Å²) in [4.78, 5) is 18.3. The Kier molecular flexibility index (Phi) is 14.3. The van der Waals surface area contributed by atoms with Crippen molar-refractivity contribution in [1.29, 1.82) is 0 Å². The van der Waals surface area contributed by atoms with Crippen LogP contribution in [0.4, 0.5) is 0 Å². The Balaban J connectivity index is 1.73. The molecule has 5 heteroatoms. The molecule has 0 aliphatic carbocycles. The maximum atomic E-state index is 13.8. The van der Waals surface area contributed by atoms with Gasteiger partial charge in [0.05, 0.1) is 6.61 Å². The lowest BCUT2D eigenvalue weighted by atomic mass is 10.1. The second-order valence-electron chi connectivity index (χ2n) is 10.9. The van der Waals surface area contributed by atoms with E-state index in [1.54, 1.807) is 0 Å². The first-order valence-corrected chi connectivity index (χ1v) is 15.5. The summed E-state index contributed by atoms with van der Waals surface area (Å²) in [6.45, 7) is 14.2. The minimum atomic E-state index is 0.0538. The van der Waals surface area contributed by atoms with Gasteiger partial charge in [-0.25, -0.2) is 0 Å². The third-order valence-electron chi connectivity index (χ3n) is 7.35. The van der Waals surface area contributed by atoms with Crippen LogP contribution in [0.1, 0.15) is 86.3 Å². The predicted molar refractivity (Wildman–Crippen MR) is 170 cm³/mol. The van der Waals surface area contributed by atoms with Crippen LogP contribution in [0.25, 0.3) is 0 Å². The van der Waals surface area contributed by atoms with E-state index in [9.17, 15) is 4.79 Å². The van der Waals surface area contributed by atoms with Gasteiger partial charge in [-0.05, 0) is 86.3 Å². The Morgan fingerprint density at radius 3 is 2.02 bits per heavy atom. The Hall–Kier alpha value is -3.31. The van der Waals surface area contributed by atoms with Crippen molar-refractivity contribution in [2.24, 2.45) is 0 Å². The van der Waals surface area contributed by atoms with E-state index in [2.05, 4.69) is 56.9 Å². The Labute approximate surface area is 248 Å². The number of hydrogen-bond donors (Lipinski definition) is 0. The summed E-state index contributed by atoms with van der Waals surface area (Å²) in [5.41, 5.74) is 4.02. The summed E-state index contributed by atoms with van der Waals surface area (Å²) in [6, 6.07) is 24.1. The molecule has 0 aliphatic rings. The van der Waals surface area contributed by atoms with Gasteiger partial charge in [0.15, 0.2) is 0 Å². The van der Waals surface area contributed by atoms with Crippen LogP contribution in [0.15, 0.2) is 72.8 Å². The number of amides is 1. The fraction of sp³-hybridized carbons (Fsp3) is 0.472. The summed E-state index contributed by atoms with van der Waals surface area (Å²) in [6.07, 6.45) is 6.84. The van der Waals surface area contributed by atoms with Crippen LogP contribution < -0.4 is 9.47 Å². The lowest BCUT2D eigenvalue weighted by molar-refractivity contribution is 0.0720. The van der Waals surface area contributed by atoms with Gasteiger partial charge >= 0.3 is 0 Å². The molecule has 0 unspecified atom stereocenters. The predicted octanol–water partition coefficient (Wildman–Crippen LogP) is 8.30. The lowest BCUT2D eigenvalue weighted by Gasteiger charge is -2.28. The zero-order valence-electron chi connectivity index (χ0n) is 25.7. The molecule has 41 heavy (non-hydrogen) atoms. The molecule has 0 radical (unpaired) electrons. The normalized spacial score (nSPS) is 11.0. The van der Waals surface area contributed by atoms with E-state index in [4.69, 9.17) is 9.47 Å². The van der Waals surface area contributed by atoms with Crippen molar-refractivity contribution in [1.82, 2.24) is 9.80 Å². The molecule has 222 valence electrons. The number of benzene rings is 3. The number of ether oxygens (including phenoxy) is 2. The second-order valence-corrected chi connectivity index (χ2v) is 10.9. The molecule has 0 heterocycles. The number of nitrogens with zero attached hydrogens (tertiary/aromatic N) is 2. The van der Waals surface area contributed by atoms with Crippen LogP contribution in [0.5, 0.6) is 11.5 Å². The molecule has 3 aromatic carbocycles. The zero-order valence-corrected chi connectivity index (χ0v) is 25.7. The van der Waals surface area contributed by atoms with Crippen molar-refractivity contribution in [3.8, 4) is 11.5 Å². The second kappa shape index (κ2) is 18.2. The molecule has 0 bridgehead atoms. The first-order valence-electron chi connectivity index (χ1n) is 15.5. The van der Waals surface area contributed by atoms with E-state index >= 15 is 0 Å². The molecule has 0 saturated heterocycles. The molecule has 3 rings (SSSR count). The van der Waals surface area contributed by atoms with Crippen LogP contribution >= 0.6 is 0 Å². The van der Waals surface area contributed by atoms with Gasteiger partial charge in [0.2, 0.25) is 0 Å². The van der Waals surface area contributed by atoms with E-state index in [1.807, 2.05) is 53.4 Å². The monoisotopic (exact) mass is 558 g/mol. The molecule has 1 amide bonds. The highest BCUT2D eigenvalue weighted by molar-refractivity contribution is 5.94. The molecule has 0 saturated carbocycles. The van der Waals surface area contributed by atoms with Gasteiger partial charge in [0.1, 0.15) is 18.1 Å². The van der Waals surface area contributed by atoms with Gasteiger partial charge in [-0.2, -0.15) is 0 Å². The summed E-state index contributed by atoms with van der Waals surface area (Å²) >= 11 is 0. The van der Waals surface area contributed by atoms with Crippen molar-refractivity contribution in [2.75, 3.05) is 32.8 Å². The minimum absolute atomic E-state index is 0.0538. The smallest absolute Gasteiger partial charge is 0.254 e. The van der Waals surface area contributed by atoms with Crippen LogP contribution in [-0.4, -0.2) is 48.5 Å². The van der Waals surface area contributed by atoms with Gasteiger partial charge in [-0.3, -0.25) is 4.79 Å². The van der Waals surface area contributed by atoms with Crippen LogP contribution in [0.2, 0.25) is 0 Å². The highest BCUT2D eigenvalue weighted by Crippen LogP contribution is 2.22.